The van der Waals surface area contributed by atoms with E-state index in [1.165, 1.54) is 57.3 Å². The van der Waals surface area contributed by atoms with E-state index in [4.69, 9.17) is 0 Å². The molecule has 1 N–H and O–H groups in total. The third-order valence-electron chi connectivity index (χ3n) is 3.40. The standard InChI is InChI=1S/C16H34N2/c1-6-7-11-18(12-8-9-15(2)3)13-10-16(4)14-17-5/h16-17H,2,6-14H2,1,3-5H3. The van der Waals surface area contributed by atoms with Crippen LogP contribution in [0.2, 0.25) is 0 Å². The highest BCUT2D eigenvalue weighted by Crippen LogP contribution is 2.07. The molecule has 0 amide bonds. The van der Waals surface area contributed by atoms with E-state index in [-0.39, 0.29) is 0 Å². The van der Waals surface area contributed by atoms with Crippen LogP contribution in [-0.4, -0.2) is 38.1 Å². The summed E-state index contributed by atoms with van der Waals surface area (Å²) in [6.45, 7) is 15.6. The first-order valence-electron chi connectivity index (χ1n) is 7.61. The highest BCUT2D eigenvalue weighted by atomic mass is 15.1. The first-order valence-corrected chi connectivity index (χ1v) is 7.61. The van der Waals surface area contributed by atoms with Gasteiger partial charge < -0.3 is 10.2 Å². The zero-order chi connectivity index (χ0) is 13.8. The van der Waals surface area contributed by atoms with E-state index in [1.807, 2.05) is 7.05 Å². The van der Waals surface area contributed by atoms with Crippen molar-refractivity contribution < 1.29 is 0 Å². The fourth-order valence-corrected chi connectivity index (χ4v) is 2.18. The highest BCUT2D eigenvalue weighted by molar-refractivity contribution is 4.87. The van der Waals surface area contributed by atoms with Gasteiger partial charge in [-0.25, -0.2) is 0 Å². The molecule has 0 aliphatic heterocycles. The average molecular weight is 254 g/mol. The van der Waals surface area contributed by atoms with E-state index in [2.05, 4.69) is 37.6 Å². The van der Waals surface area contributed by atoms with Crippen LogP contribution in [0.4, 0.5) is 0 Å². The van der Waals surface area contributed by atoms with Gasteiger partial charge in [-0.05, 0) is 71.8 Å². The quantitative estimate of drug-likeness (QED) is 0.534. The predicted octanol–water partition coefficient (Wildman–Crippen LogP) is 3.69. The second-order valence-corrected chi connectivity index (χ2v) is 5.71. The Balaban J connectivity index is 3.86. The van der Waals surface area contributed by atoms with Crippen molar-refractivity contribution in [2.24, 2.45) is 5.92 Å². The Hall–Kier alpha value is -0.340. The van der Waals surface area contributed by atoms with Crippen molar-refractivity contribution in [3.05, 3.63) is 12.2 Å². The summed E-state index contributed by atoms with van der Waals surface area (Å²) in [6.07, 6.45) is 6.36. The Labute approximate surface area is 115 Å². The van der Waals surface area contributed by atoms with Crippen LogP contribution in [0.5, 0.6) is 0 Å². The topological polar surface area (TPSA) is 15.3 Å². The number of nitrogens with one attached hydrogen (secondary N) is 1. The maximum Gasteiger partial charge on any atom is -0.00157 e. The van der Waals surface area contributed by atoms with Gasteiger partial charge in [-0.15, -0.1) is 6.58 Å². The lowest BCUT2D eigenvalue weighted by atomic mass is 10.1. The lowest BCUT2D eigenvalue weighted by molar-refractivity contribution is 0.247. The second kappa shape index (κ2) is 11.7. The number of unbranched alkanes of at least 4 members (excludes halogenated alkanes) is 1. The lowest BCUT2D eigenvalue weighted by Gasteiger charge is -2.24. The molecule has 0 aromatic carbocycles. The van der Waals surface area contributed by atoms with Gasteiger partial charge >= 0.3 is 0 Å². The molecule has 0 saturated heterocycles. The van der Waals surface area contributed by atoms with Crippen LogP contribution in [0.1, 0.15) is 52.9 Å². The highest BCUT2D eigenvalue weighted by Gasteiger charge is 2.07. The summed E-state index contributed by atoms with van der Waals surface area (Å²) >= 11 is 0. The van der Waals surface area contributed by atoms with Crippen LogP contribution < -0.4 is 5.32 Å². The molecule has 0 spiro atoms. The Morgan fingerprint density at radius 3 is 2.44 bits per heavy atom. The number of hydrogen-bond acceptors (Lipinski definition) is 2. The summed E-state index contributed by atoms with van der Waals surface area (Å²) in [5, 5.41) is 3.26. The molecule has 0 saturated carbocycles. The molecule has 0 aromatic rings. The molecule has 2 nitrogen and oxygen atoms in total. The minimum Gasteiger partial charge on any atom is -0.319 e. The lowest BCUT2D eigenvalue weighted by Crippen LogP contribution is -2.29. The summed E-state index contributed by atoms with van der Waals surface area (Å²) < 4.78 is 0. The van der Waals surface area contributed by atoms with Crippen LogP contribution in [-0.2, 0) is 0 Å². The van der Waals surface area contributed by atoms with Crippen LogP contribution in [0, 0.1) is 5.92 Å². The monoisotopic (exact) mass is 254 g/mol. The Morgan fingerprint density at radius 1 is 1.22 bits per heavy atom. The molecule has 0 bridgehead atoms. The van der Waals surface area contributed by atoms with Gasteiger partial charge in [-0.3, -0.25) is 0 Å². The van der Waals surface area contributed by atoms with Crippen molar-refractivity contribution in [1.29, 1.82) is 0 Å². The number of allylic oxidation sites excluding steroid dienone is 1. The molecule has 1 atom stereocenters. The maximum atomic E-state index is 3.99. The van der Waals surface area contributed by atoms with Crippen molar-refractivity contribution in [2.75, 3.05) is 33.2 Å². The zero-order valence-corrected chi connectivity index (χ0v) is 13.1. The molecule has 0 aromatic heterocycles. The van der Waals surface area contributed by atoms with Crippen molar-refractivity contribution >= 4 is 0 Å². The number of nitrogens with zero attached hydrogens (tertiary/aromatic N) is 1. The van der Waals surface area contributed by atoms with Crippen LogP contribution in [0.15, 0.2) is 12.2 Å². The summed E-state index contributed by atoms with van der Waals surface area (Å²) in [4.78, 5) is 2.64. The van der Waals surface area contributed by atoms with Crippen LogP contribution in [0.3, 0.4) is 0 Å². The van der Waals surface area contributed by atoms with Crippen molar-refractivity contribution in [1.82, 2.24) is 10.2 Å². The second-order valence-electron chi connectivity index (χ2n) is 5.71. The molecule has 0 rings (SSSR count). The van der Waals surface area contributed by atoms with Crippen molar-refractivity contribution in [3.8, 4) is 0 Å². The molecule has 0 fully saturated rings. The van der Waals surface area contributed by atoms with E-state index >= 15 is 0 Å². The number of rotatable bonds is 12. The molecule has 1 unspecified atom stereocenters. The van der Waals surface area contributed by atoms with E-state index < -0.39 is 0 Å². The summed E-state index contributed by atoms with van der Waals surface area (Å²) in [5.74, 6) is 0.778. The molecule has 0 aliphatic rings. The summed E-state index contributed by atoms with van der Waals surface area (Å²) in [6, 6.07) is 0. The Kier molecular flexibility index (Phi) is 11.5. The average Bonchev–Trinajstić information content (AvgIpc) is 2.32. The summed E-state index contributed by atoms with van der Waals surface area (Å²) in [5.41, 5.74) is 1.31. The fourth-order valence-electron chi connectivity index (χ4n) is 2.18. The Morgan fingerprint density at radius 2 is 1.89 bits per heavy atom. The minimum absolute atomic E-state index is 0.778. The molecule has 0 aliphatic carbocycles. The van der Waals surface area contributed by atoms with Gasteiger partial charge in [0.2, 0.25) is 0 Å². The van der Waals surface area contributed by atoms with E-state index in [9.17, 15) is 0 Å². The van der Waals surface area contributed by atoms with Gasteiger partial charge in [0.15, 0.2) is 0 Å². The smallest absolute Gasteiger partial charge is 0.00157 e. The molecule has 0 radical (unpaired) electrons. The van der Waals surface area contributed by atoms with Gasteiger partial charge in [-0.2, -0.15) is 0 Å². The maximum absolute atomic E-state index is 3.99. The van der Waals surface area contributed by atoms with Crippen LogP contribution in [0.25, 0.3) is 0 Å². The van der Waals surface area contributed by atoms with Crippen LogP contribution >= 0.6 is 0 Å². The largest absolute Gasteiger partial charge is 0.319 e. The Bertz CT molecular complexity index is 201. The van der Waals surface area contributed by atoms with Crippen molar-refractivity contribution in [2.45, 2.75) is 52.9 Å². The van der Waals surface area contributed by atoms with E-state index in [1.54, 1.807) is 0 Å². The first-order chi connectivity index (χ1) is 8.60. The molecule has 108 valence electrons. The van der Waals surface area contributed by atoms with Gasteiger partial charge in [0.05, 0.1) is 0 Å². The van der Waals surface area contributed by atoms with Gasteiger partial charge in [0.25, 0.3) is 0 Å². The molecular weight excluding hydrogens is 220 g/mol. The molecular formula is C16H34N2. The molecule has 2 heteroatoms. The summed E-state index contributed by atoms with van der Waals surface area (Å²) in [7, 11) is 2.04. The first kappa shape index (κ1) is 17.7. The third-order valence-corrected chi connectivity index (χ3v) is 3.40. The fraction of sp³-hybridized carbons (Fsp3) is 0.875. The van der Waals surface area contributed by atoms with Gasteiger partial charge in [0.1, 0.15) is 0 Å². The van der Waals surface area contributed by atoms with Gasteiger partial charge in [0, 0.05) is 0 Å². The zero-order valence-electron chi connectivity index (χ0n) is 13.1. The van der Waals surface area contributed by atoms with Gasteiger partial charge in [-0.1, -0.05) is 25.8 Å². The normalized spacial score (nSPS) is 12.9. The molecule has 0 heterocycles. The van der Waals surface area contributed by atoms with E-state index in [0.29, 0.717) is 0 Å². The van der Waals surface area contributed by atoms with E-state index in [0.717, 1.165) is 12.5 Å². The minimum atomic E-state index is 0.778. The number of hydrogen-bond donors (Lipinski definition) is 1. The molecule has 18 heavy (non-hydrogen) atoms. The SMILES string of the molecule is C=C(C)CCCN(CCCC)CCC(C)CNC. The third kappa shape index (κ3) is 10.8. The van der Waals surface area contributed by atoms with Crippen molar-refractivity contribution in [3.63, 3.8) is 0 Å². The predicted molar refractivity (Wildman–Crippen MR) is 83.1 cm³/mol.